The maximum absolute atomic E-state index is 12.8. The minimum atomic E-state index is 0.221. The van der Waals surface area contributed by atoms with Gasteiger partial charge in [-0.05, 0) is 52.8 Å². The lowest BCUT2D eigenvalue weighted by molar-refractivity contribution is 0.0964. The Balaban J connectivity index is 1.94. The van der Waals surface area contributed by atoms with Crippen molar-refractivity contribution in [2.24, 2.45) is 5.92 Å². The first-order valence-electron chi connectivity index (χ1n) is 8.02. The molecule has 0 amide bonds. The van der Waals surface area contributed by atoms with E-state index in [2.05, 4.69) is 35.9 Å². The molecule has 0 aromatic carbocycles. The fourth-order valence-electron chi connectivity index (χ4n) is 3.32. The highest BCUT2D eigenvalue weighted by Gasteiger charge is 2.24. The first-order chi connectivity index (χ1) is 10.5. The van der Waals surface area contributed by atoms with E-state index in [4.69, 9.17) is 0 Å². The summed E-state index contributed by atoms with van der Waals surface area (Å²) >= 11 is 0. The summed E-state index contributed by atoms with van der Waals surface area (Å²) in [5.74, 6) is 0.695. The van der Waals surface area contributed by atoms with Crippen molar-refractivity contribution in [2.75, 3.05) is 20.1 Å². The molecule has 118 valence electrons. The fraction of sp³-hybridized carbons (Fsp3) is 0.588. The van der Waals surface area contributed by atoms with Gasteiger partial charge in [0, 0.05) is 35.7 Å². The molecule has 1 aliphatic heterocycles. The zero-order valence-electron chi connectivity index (χ0n) is 13.8. The lowest BCUT2D eigenvalue weighted by Crippen LogP contribution is -2.16. The molecule has 1 unspecified atom stereocenters. The van der Waals surface area contributed by atoms with Gasteiger partial charge in [-0.1, -0.05) is 0 Å². The second kappa shape index (κ2) is 5.80. The molecule has 5 nitrogen and oxygen atoms in total. The van der Waals surface area contributed by atoms with Crippen molar-refractivity contribution in [3.63, 3.8) is 0 Å². The molecule has 1 saturated heterocycles. The van der Waals surface area contributed by atoms with Gasteiger partial charge >= 0.3 is 0 Å². The van der Waals surface area contributed by atoms with Crippen molar-refractivity contribution in [3.05, 3.63) is 23.5 Å². The van der Waals surface area contributed by atoms with Crippen molar-refractivity contribution >= 4 is 16.8 Å². The quantitative estimate of drug-likeness (QED) is 0.815. The summed E-state index contributed by atoms with van der Waals surface area (Å²) in [6.45, 7) is 8.20. The Kier molecular flexibility index (Phi) is 4.00. The number of fused-ring (bicyclic) bond motifs is 1. The number of carbonyl (C=O) groups excluding carboxylic acids is 1. The first-order valence-corrected chi connectivity index (χ1v) is 8.02. The van der Waals surface area contributed by atoms with Gasteiger partial charge in [0.25, 0.3) is 0 Å². The number of Topliss-reactive ketones (excluding diaryl/α,β-unsaturated/α-hetero) is 1. The first kappa shape index (κ1) is 15.2. The molecule has 0 N–H and O–H groups in total. The largest absolute Gasteiger partial charge is 0.306 e. The van der Waals surface area contributed by atoms with Crippen LogP contribution >= 0.6 is 0 Å². The van der Waals surface area contributed by atoms with Gasteiger partial charge in [-0.2, -0.15) is 5.10 Å². The van der Waals surface area contributed by atoms with Crippen LogP contribution in [0.25, 0.3) is 11.0 Å². The van der Waals surface area contributed by atoms with E-state index >= 15 is 0 Å². The maximum atomic E-state index is 12.8. The molecule has 0 saturated carbocycles. The SMILES string of the molecule is Cc1cc(C(=O)CC2CCN(C)C2)c2cnn(C(C)C)c2n1. The summed E-state index contributed by atoms with van der Waals surface area (Å²) in [7, 11) is 2.12. The van der Waals surface area contributed by atoms with Gasteiger partial charge in [0.1, 0.15) is 0 Å². The van der Waals surface area contributed by atoms with Crippen LogP contribution in [0.5, 0.6) is 0 Å². The summed E-state index contributed by atoms with van der Waals surface area (Å²) in [4.78, 5) is 19.6. The van der Waals surface area contributed by atoms with Gasteiger partial charge in [-0.25, -0.2) is 9.67 Å². The van der Waals surface area contributed by atoms with Gasteiger partial charge in [0.2, 0.25) is 0 Å². The van der Waals surface area contributed by atoms with Crippen LogP contribution in [0.4, 0.5) is 0 Å². The monoisotopic (exact) mass is 300 g/mol. The molecule has 0 spiro atoms. The Bertz CT molecular complexity index is 704. The summed E-state index contributed by atoms with van der Waals surface area (Å²) in [5.41, 5.74) is 2.48. The maximum Gasteiger partial charge on any atom is 0.164 e. The van der Waals surface area contributed by atoms with Crippen molar-refractivity contribution < 1.29 is 4.79 Å². The second-order valence-corrected chi connectivity index (χ2v) is 6.78. The van der Waals surface area contributed by atoms with Gasteiger partial charge in [-0.3, -0.25) is 4.79 Å². The number of likely N-dealkylation sites (tertiary alicyclic amines) is 1. The molecule has 3 rings (SSSR count). The molecule has 0 radical (unpaired) electrons. The molecule has 1 aliphatic rings. The fourth-order valence-corrected chi connectivity index (χ4v) is 3.32. The Labute approximate surface area is 131 Å². The minimum Gasteiger partial charge on any atom is -0.306 e. The molecule has 2 aromatic heterocycles. The zero-order valence-corrected chi connectivity index (χ0v) is 13.8. The highest BCUT2D eigenvalue weighted by atomic mass is 16.1. The molecule has 0 bridgehead atoms. The Morgan fingerprint density at radius 1 is 1.45 bits per heavy atom. The number of carbonyl (C=O) groups is 1. The third-order valence-electron chi connectivity index (χ3n) is 4.45. The molecular formula is C17H24N4O. The highest BCUT2D eigenvalue weighted by molar-refractivity contribution is 6.06. The van der Waals surface area contributed by atoms with Crippen molar-refractivity contribution in [2.45, 2.75) is 39.7 Å². The molecular weight excluding hydrogens is 276 g/mol. The summed E-state index contributed by atoms with van der Waals surface area (Å²) in [6, 6.07) is 2.15. The molecule has 1 atom stereocenters. The summed E-state index contributed by atoms with van der Waals surface area (Å²) < 4.78 is 1.89. The van der Waals surface area contributed by atoms with E-state index in [9.17, 15) is 4.79 Å². The van der Waals surface area contributed by atoms with Crippen LogP contribution in [0.15, 0.2) is 12.3 Å². The van der Waals surface area contributed by atoms with E-state index < -0.39 is 0 Å². The Morgan fingerprint density at radius 3 is 2.86 bits per heavy atom. The minimum absolute atomic E-state index is 0.221. The van der Waals surface area contributed by atoms with Crippen LogP contribution in [-0.2, 0) is 0 Å². The third kappa shape index (κ3) is 2.77. The standard InChI is InChI=1S/C17H24N4O/c1-11(2)21-17-15(9-18-21)14(7-12(3)19-17)16(22)8-13-5-6-20(4)10-13/h7,9,11,13H,5-6,8,10H2,1-4H3. The molecule has 0 aliphatic carbocycles. The van der Waals surface area contributed by atoms with E-state index in [1.807, 2.05) is 17.7 Å². The van der Waals surface area contributed by atoms with Crippen molar-refractivity contribution in [3.8, 4) is 0 Å². The Hall–Kier alpha value is -1.75. The average Bonchev–Trinajstić information content (AvgIpc) is 3.03. The van der Waals surface area contributed by atoms with E-state index in [1.54, 1.807) is 6.20 Å². The van der Waals surface area contributed by atoms with Gasteiger partial charge in [-0.15, -0.1) is 0 Å². The lowest BCUT2D eigenvalue weighted by atomic mass is 9.96. The van der Waals surface area contributed by atoms with Crippen LogP contribution in [-0.4, -0.2) is 45.6 Å². The van der Waals surface area contributed by atoms with E-state index in [0.717, 1.165) is 41.8 Å². The number of aryl methyl sites for hydroxylation is 1. The van der Waals surface area contributed by atoms with Gasteiger partial charge in [0.05, 0.1) is 6.20 Å². The summed E-state index contributed by atoms with van der Waals surface area (Å²) in [5, 5.41) is 5.30. The van der Waals surface area contributed by atoms with Crippen LogP contribution in [0.2, 0.25) is 0 Å². The predicted octanol–water partition coefficient (Wildman–Crippen LogP) is 2.85. The molecule has 3 heterocycles. The normalized spacial score (nSPS) is 19.4. The highest BCUT2D eigenvalue weighted by Crippen LogP contribution is 2.25. The number of pyridine rings is 1. The van der Waals surface area contributed by atoms with E-state index in [1.165, 1.54) is 0 Å². The average molecular weight is 300 g/mol. The summed E-state index contributed by atoms with van der Waals surface area (Å²) in [6.07, 6.45) is 3.52. The zero-order chi connectivity index (χ0) is 15.9. The van der Waals surface area contributed by atoms with E-state index in [-0.39, 0.29) is 11.8 Å². The number of hydrogen-bond donors (Lipinski definition) is 0. The molecule has 5 heteroatoms. The van der Waals surface area contributed by atoms with Crippen LogP contribution in [0.3, 0.4) is 0 Å². The number of hydrogen-bond acceptors (Lipinski definition) is 4. The number of rotatable bonds is 4. The Morgan fingerprint density at radius 2 is 2.23 bits per heavy atom. The number of ketones is 1. The topological polar surface area (TPSA) is 51.0 Å². The van der Waals surface area contributed by atoms with Crippen LogP contribution in [0, 0.1) is 12.8 Å². The molecule has 2 aromatic rings. The predicted molar refractivity (Wildman–Crippen MR) is 87.2 cm³/mol. The molecule has 22 heavy (non-hydrogen) atoms. The van der Waals surface area contributed by atoms with Gasteiger partial charge in [0.15, 0.2) is 11.4 Å². The third-order valence-corrected chi connectivity index (χ3v) is 4.45. The number of nitrogens with zero attached hydrogens (tertiary/aromatic N) is 4. The van der Waals surface area contributed by atoms with Crippen molar-refractivity contribution in [1.29, 1.82) is 0 Å². The van der Waals surface area contributed by atoms with E-state index in [0.29, 0.717) is 12.3 Å². The van der Waals surface area contributed by atoms with Crippen molar-refractivity contribution in [1.82, 2.24) is 19.7 Å². The lowest BCUT2D eigenvalue weighted by Gasteiger charge is -2.11. The number of aromatic nitrogens is 3. The van der Waals surface area contributed by atoms with Crippen LogP contribution in [0.1, 0.15) is 48.8 Å². The molecule has 1 fully saturated rings. The smallest absolute Gasteiger partial charge is 0.164 e. The van der Waals surface area contributed by atoms with Crippen LogP contribution < -0.4 is 0 Å². The van der Waals surface area contributed by atoms with Gasteiger partial charge < -0.3 is 4.90 Å². The second-order valence-electron chi connectivity index (χ2n) is 6.78.